The number of morpholine rings is 1. The van der Waals surface area contributed by atoms with E-state index < -0.39 is 17.8 Å². The van der Waals surface area contributed by atoms with Gasteiger partial charge in [-0.2, -0.15) is 0 Å². The van der Waals surface area contributed by atoms with E-state index in [2.05, 4.69) is 22.9 Å². The maximum absolute atomic E-state index is 13.6. The highest BCUT2D eigenvalue weighted by molar-refractivity contribution is 5.86. The molecule has 34 heavy (non-hydrogen) atoms. The van der Waals surface area contributed by atoms with Crippen molar-refractivity contribution in [3.05, 3.63) is 36.0 Å². The lowest BCUT2D eigenvalue weighted by Gasteiger charge is -2.35. The Kier molecular flexibility index (Phi) is 7.48. The average molecular weight is 472 g/mol. The predicted molar refractivity (Wildman–Crippen MR) is 130 cm³/mol. The second-order valence-electron chi connectivity index (χ2n) is 10.2. The number of carbonyl (C=O) groups excluding carboxylic acids is 2. The van der Waals surface area contributed by atoms with Crippen LogP contribution >= 0.6 is 0 Å². The highest BCUT2D eigenvalue weighted by atomic mass is 16.6. The predicted octanol–water partition coefficient (Wildman–Crippen LogP) is 3.80. The Balaban J connectivity index is 1.49. The highest BCUT2D eigenvalue weighted by Crippen LogP contribution is 2.32. The topological polar surface area (TPSA) is 73.2 Å². The average Bonchev–Trinajstić information content (AvgIpc) is 3.59. The molecule has 0 radical (unpaired) electrons. The summed E-state index contributed by atoms with van der Waals surface area (Å²) in [6.07, 6.45) is 4.03. The molecule has 4 rings (SSSR count). The largest absolute Gasteiger partial charge is 0.444 e. The molecule has 1 saturated heterocycles. The third kappa shape index (κ3) is 5.91. The van der Waals surface area contributed by atoms with Crippen LogP contribution in [0.15, 0.2) is 30.5 Å². The highest BCUT2D eigenvalue weighted by Gasteiger charge is 2.39. The molecular weight excluding hydrogens is 434 g/mol. The van der Waals surface area contributed by atoms with Gasteiger partial charge in [0.25, 0.3) is 5.91 Å². The van der Waals surface area contributed by atoms with Gasteiger partial charge in [0.15, 0.2) is 6.10 Å². The van der Waals surface area contributed by atoms with Gasteiger partial charge in [0, 0.05) is 56.5 Å². The molecule has 1 unspecified atom stereocenters. The molecule has 8 nitrogen and oxygen atoms in total. The molecule has 0 spiro atoms. The molecule has 2 aliphatic rings. The molecular formula is C26H37N3O5. The van der Waals surface area contributed by atoms with Crippen molar-refractivity contribution in [1.82, 2.24) is 14.4 Å². The lowest BCUT2D eigenvalue weighted by Crippen LogP contribution is -2.53. The lowest BCUT2D eigenvalue weighted by molar-refractivity contribution is -0.150. The van der Waals surface area contributed by atoms with E-state index in [-0.39, 0.29) is 18.5 Å². The molecule has 1 aromatic heterocycles. The number of para-hydroxylation sites is 1. The Morgan fingerprint density at radius 1 is 1.21 bits per heavy atom. The molecule has 2 fully saturated rings. The first-order valence-corrected chi connectivity index (χ1v) is 12.2. The van der Waals surface area contributed by atoms with Gasteiger partial charge in [-0.25, -0.2) is 4.79 Å². The molecule has 2 aromatic rings. The zero-order chi connectivity index (χ0) is 24.3. The number of nitrogens with zero attached hydrogens (tertiary/aromatic N) is 3. The summed E-state index contributed by atoms with van der Waals surface area (Å²) in [5.41, 5.74) is 1.72. The SMILES string of the molecule is COCCCn1cc(CN(C(=O)C2CN(C(=O)OC(C)(C)C)CCO2)C2CC2)c2ccccc21. The van der Waals surface area contributed by atoms with Crippen molar-refractivity contribution in [3.63, 3.8) is 0 Å². The summed E-state index contributed by atoms with van der Waals surface area (Å²) >= 11 is 0. The van der Waals surface area contributed by atoms with Crippen molar-refractivity contribution in [1.29, 1.82) is 0 Å². The number of hydrogen-bond donors (Lipinski definition) is 0. The number of amides is 2. The Morgan fingerprint density at radius 2 is 1.97 bits per heavy atom. The van der Waals surface area contributed by atoms with Crippen LogP contribution in [0, 0.1) is 0 Å². The van der Waals surface area contributed by atoms with E-state index >= 15 is 0 Å². The van der Waals surface area contributed by atoms with E-state index in [1.807, 2.05) is 37.8 Å². The third-order valence-corrected chi connectivity index (χ3v) is 6.22. The molecule has 1 aliphatic carbocycles. The van der Waals surface area contributed by atoms with Crippen molar-refractivity contribution < 1.29 is 23.8 Å². The van der Waals surface area contributed by atoms with Crippen molar-refractivity contribution in [3.8, 4) is 0 Å². The standard InChI is InChI=1S/C26H37N3O5/c1-26(2,3)34-25(31)28-13-15-33-23(18-28)24(30)29(20-10-11-20)17-19-16-27(12-7-14-32-4)22-9-6-5-8-21(19)22/h5-6,8-9,16,20,23H,7,10-15,17-18H2,1-4H3. The van der Waals surface area contributed by atoms with Gasteiger partial charge < -0.3 is 28.6 Å². The number of fused-ring (bicyclic) bond motifs is 1. The molecule has 2 heterocycles. The smallest absolute Gasteiger partial charge is 0.410 e. The van der Waals surface area contributed by atoms with E-state index in [4.69, 9.17) is 14.2 Å². The summed E-state index contributed by atoms with van der Waals surface area (Å²) in [5, 5.41) is 1.17. The molecule has 186 valence electrons. The van der Waals surface area contributed by atoms with Crippen molar-refractivity contribution in [2.45, 2.75) is 70.9 Å². The summed E-state index contributed by atoms with van der Waals surface area (Å²) < 4.78 is 18.8. The Labute approximate surface area is 201 Å². The van der Waals surface area contributed by atoms with Crippen LogP contribution in [0.4, 0.5) is 4.79 Å². The summed E-state index contributed by atoms with van der Waals surface area (Å²) in [7, 11) is 1.72. The summed E-state index contributed by atoms with van der Waals surface area (Å²) in [5.74, 6) is -0.0491. The van der Waals surface area contributed by atoms with Crippen LogP contribution in [0.3, 0.4) is 0 Å². The number of aromatic nitrogens is 1. The van der Waals surface area contributed by atoms with Gasteiger partial charge >= 0.3 is 6.09 Å². The van der Waals surface area contributed by atoms with Crippen LogP contribution in [0.1, 0.15) is 45.6 Å². The van der Waals surface area contributed by atoms with Gasteiger partial charge in [-0.05, 0) is 51.7 Å². The minimum absolute atomic E-state index is 0.0491. The summed E-state index contributed by atoms with van der Waals surface area (Å²) in [4.78, 5) is 29.7. The minimum atomic E-state index is -0.670. The fourth-order valence-electron chi connectivity index (χ4n) is 4.45. The summed E-state index contributed by atoms with van der Waals surface area (Å²) in [6.45, 7) is 8.61. The van der Waals surface area contributed by atoms with Gasteiger partial charge in [-0.1, -0.05) is 18.2 Å². The number of hydrogen-bond acceptors (Lipinski definition) is 5. The van der Waals surface area contributed by atoms with Crippen molar-refractivity contribution >= 4 is 22.9 Å². The number of benzene rings is 1. The number of aryl methyl sites for hydroxylation is 1. The van der Waals surface area contributed by atoms with E-state index in [9.17, 15) is 9.59 Å². The number of carbonyl (C=O) groups is 2. The Morgan fingerprint density at radius 3 is 2.68 bits per heavy atom. The van der Waals surface area contributed by atoms with Gasteiger partial charge in [0.1, 0.15) is 5.60 Å². The monoisotopic (exact) mass is 471 g/mol. The van der Waals surface area contributed by atoms with Gasteiger partial charge in [-0.3, -0.25) is 4.79 Å². The molecule has 0 bridgehead atoms. The van der Waals surface area contributed by atoms with Crippen LogP contribution in [-0.4, -0.2) is 77.5 Å². The number of methoxy groups -OCH3 is 1. The number of ether oxygens (including phenoxy) is 3. The lowest BCUT2D eigenvalue weighted by atomic mass is 10.1. The van der Waals surface area contributed by atoms with E-state index in [0.717, 1.165) is 31.4 Å². The van der Waals surface area contributed by atoms with E-state index in [1.165, 1.54) is 10.9 Å². The van der Waals surface area contributed by atoms with Gasteiger partial charge in [0.05, 0.1) is 13.2 Å². The minimum Gasteiger partial charge on any atom is -0.444 e. The van der Waals surface area contributed by atoms with Crippen molar-refractivity contribution in [2.24, 2.45) is 0 Å². The van der Waals surface area contributed by atoms with Crippen LogP contribution in [-0.2, 0) is 32.1 Å². The van der Waals surface area contributed by atoms with E-state index in [1.54, 1.807) is 12.0 Å². The Hall–Kier alpha value is -2.58. The quantitative estimate of drug-likeness (QED) is 0.548. The molecule has 8 heteroatoms. The third-order valence-electron chi connectivity index (χ3n) is 6.22. The molecule has 1 aromatic carbocycles. The molecule has 0 N–H and O–H groups in total. The second-order valence-corrected chi connectivity index (χ2v) is 10.2. The molecule has 1 atom stereocenters. The fraction of sp³-hybridized carbons (Fsp3) is 0.615. The zero-order valence-corrected chi connectivity index (χ0v) is 20.8. The van der Waals surface area contributed by atoms with Gasteiger partial charge in [0.2, 0.25) is 0 Å². The van der Waals surface area contributed by atoms with Crippen LogP contribution in [0.5, 0.6) is 0 Å². The first-order chi connectivity index (χ1) is 16.3. The molecule has 1 saturated carbocycles. The van der Waals surface area contributed by atoms with Crippen molar-refractivity contribution in [2.75, 3.05) is 33.4 Å². The zero-order valence-electron chi connectivity index (χ0n) is 20.8. The van der Waals surface area contributed by atoms with E-state index in [0.29, 0.717) is 26.3 Å². The maximum atomic E-state index is 13.6. The first-order valence-electron chi connectivity index (χ1n) is 12.2. The second kappa shape index (κ2) is 10.4. The Bertz CT molecular complexity index is 1010. The van der Waals surface area contributed by atoms with Crippen LogP contribution < -0.4 is 0 Å². The fourth-order valence-corrected chi connectivity index (χ4v) is 4.45. The normalized spacial score (nSPS) is 18.8. The summed E-state index contributed by atoms with van der Waals surface area (Å²) in [6, 6.07) is 8.55. The first kappa shape index (κ1) is 24.5. The molecule has 2 amide bonds. The number of rotatable bonds is 8. The van der Waals surface area contributed by atoms with Gasteiger partial charge in [-0.15, -0.1) is 0 Å². The maximum Gasteiger partial charge on any atom is 0.410 e. The van der Waals surface area contributed by atoms with Crippen LogP contribution in [0.2, 0.25) is 0 Å². The molecule has 1 aliphatic heterocycles. The van der Waals surface area contributed by atoms with Crippen LogP contribution in [0.25, 0.3) is 10.9 Å².